The molecule has 0 aromatic rings. The van der Waals surface area contributed by atoms with Gasteiger partial charge < -0.3 is 9.84 Å². The Morgan fingerprint density at radius 2 is 1.79 bits per heavy atom. The summed E-state index contributed by atoms with van der Waals surface area (Å²) in [5, 5.41) is 9.27. The highest BCUT2D eigenvalue weighted by atomic mass is 16.6. The molecule has 0 amide bonds. The number of carbonyl (C=O) groups is 1. The van der Waals surface area contributed by atoms with Crippen molar-refractivity contribution in [2.24, 2.45) is 0 Å². The van der Waals surface area contributed by atoms with E-state index in [1.807, 2.05) is 0 Å². The molecule has 3 nitrogen and oxygen atoms in total. The fourth-order valence-electron chi connectivity index (χ4n) is 0.645. The van der Waals surface area contributed by atoms with Crippen LogP contribution in [0.15, 0.2) is 17.9 Å². The van der Waals surface area contributed by atoms with Crippen molar-refractivity contribution in [3.8, 4) is 0 Å². The van der Waals surface area contributed by atoms with Crippen LogP contribution in [0.5, 0.6) is 0 Å². The molecule has 0 bridgehead atoms. The molecule has 14 heavy (non-hydrogen) atoms. The van der Waals surface area contributed by atoms with Crippen molar-refractivity contribution in [2.75, 3.05) is 0 Å². The van der Waals surface area contributed by atoms with Crippen LogP contribution in [-0.2, 0) is 9.53 Å². The summed E-state index contributed by atoms with van der Waals surface area (Å²) < 4.78 is 4.99. The molecule has 0 unspecified atom stereocenters. The van der Waals surface area contributed by atoms with Gasteiger partial charge in [0.25, 0.3) is 0 Å². The number of carbonyl (C=O) groups excluding carboxylic acids is 1. The molecule has 3 heteroatoms. The zero-order chi connectivity index (χ0) is 11.4. The molecule has 0 atom stereocenters. The van der Waals surface area contributed by atoms with Gasteiger partial charge in [0.1, 0.15) is 5.60 Å². The average molecular weight is 198 g/mol. The summed E-state index contributed by atoms with van der Waals surface area (Å²) >= 11 is 0. The first-order valence-corrected chi connectivity index (χ1v) is 4.49. The Bertz CT molecular complexity index is 257. The molecule has 0 heterocycles. The summed E-state index contributed by atoms with van der Waals surface area (Å²) in [5.41, 5.74) is 1.12. The van der Waals surface area contributed by atoms with E-state index in [2.05, 4.69) is 5.73 Å². The fourth-order valence-corrected chi connectivity index (χ4v) is 0.645. The highest BCUT2D eigenvalue weighted by molar-refractivity contribution is 5.82. The SMILES string of the molecule is CC(C)(O)C=C=CC(=O)OC(C)(C)C. The van der Waals surface area contributed by atoms with Crippen LogP contribution in [0, 0.1) is 0 Å². The smallest absolute Gasteiger partial charge is 0.339 e. The fraction of sp³-hybridized carbons (Fsp3) is 0.636. The standard InChI is InChI=1S/C11H18O3/c1-10(2,3)14-9(12)7-6-8-11(4,5)13/h7-8,13H,1-5H3. The number of aliphatic hydroxyl groups is 1. The number of ether oxygens (including phenoxy) is 1. The first kappa shape index (κ1) is 12.9. The van der Waals surface area contributed by atoms with Crippen LogP contribution in [-0.4, -0.2) is 22.3 Å². The lowest BCUT2D eigenvalue weighted by Crippen LogP contribution is -2.22. The van der Waals surface area contributed by atoms with E-state index < -0.39 is 17.2 Å². The monoisotopic (exact) mass is 198 g/mol. The van der Waals surface area contributed by atoms with Crippen LogP contribution in [0.4, 0.5) is 0 Å². The molecule has 0 aromatic carbocycles. The van der Waals surface area contributed by atoms with Crippen molar-refractivity contribution in [1.82, 2.24) is 0 Å². The van der Waals surface area contributed by atoms with Crippen LogP contribution >= 0.6 is 0 Å². The summed E-state index contributed by atoms with van der Waals surface area (Å²) in [6.45, 7) is 8.57. The van der Waals surface area contributed by atoms with Crippen LogP contribution in [0.2, 0.25) is 0 Å². The number of rotatable bonds is 2. The van der Waals surface area contributed by atoms with Crippen molar-refractivity contribution in [1.29, 1.82) is 0 Å². The number of hydrogen-bond acceptors (Lipinski definition) is 3. The Hall–Kier alpha value is -1.05. The Balaban J connectivity index is 4.28. The second-order valence-corrected chi connectivity index (χ2v) is 4.64. The largest absolute Gasteiger partial charge is 0.456 e. The van der Waals surface area contributed by atoms with Gasteiger partial charge in [-0.05, 0) is 40.7 Å². The second kappa shape index (κ2) is 4.45. The van der Waals surface area contributed by atoms with Gasteiger partial charge >= 0.3 is 5.97 Å². The van der Waals surface area contributed by atoms with E-state index in [1.165, 1.54) is 12.2 Å². The third-order valence-corrected chi connectivity index (χ3v) is 1.04. The minimum absolute atomic E-state index is 0.460. The van der Waals surface area contributed by atoms with Gasteiger partial charge in [-0.25, -0.2) is 4.79 Å². The molecule has 1 N–H and O–H groups in total. The van der Waals surface area contributed by atoms with E-state index >= 15 is 0 Å². The van der Waals surface area contributed by atoms with E-state index in [0.29, 0.717) is 0 Å². The van der Waals surface area contributed by atoms with Crippen LogP contribution in [0.1, 0.15) is 34.6 Å². The first-order valence-electron chi connectivity index (χ1n) is 4.49. The van der Waals surface area contributed by atoms with E-state index in [9.17, 15) is 9.90 Å². The molecule has 80 valence electrons. The second-order valence-electron chi connectivity index (χ2n) is 4.64. The van der Waals surface area contributed by atoms with Crippen molar-refractivity contribution in [3.05, 3.63) is 17.9 Å². The normalized spacial score (nSPS) is 11.6. The van der Waals surface area contributed by atoms with Crippen molar-refractivity contribution >= 4 is 5.97 Å². The van der Waals surface area contributed by atoms with E-state index in [-0.39, 0.29) is 0 Å². The maximum atomic E-state index is 11.1. The molecule has 0 fully saturated rings. The molecule has 0 aliphatic carbocycles. The molecule has 0 rings (SSSR count). The molecular formula is C11H18O3. The van der Waals surface area contributed by atoms with Gasteiger partial charge in [0.15, 0.2) is 0 Å². The van der Waals surface area contributed by atoms with Gasteiger partial charge in [-0.1, -0.05) is 0 Å². The highest BCUT2D eigenvalue weighted by Crippen LogP contribution is 2.07. The first-order chi connectivity index (χ1) is 6.10. The number of hydrogen-bond donors (Lipinski definition) is 1. The van der Waals surface area contributed by atoms with Crippen molar-refractivity contribution in [3.63, 3.8) is 0 Å². The molecule has 0 spiro atoms. The molecule has 0 saturated heterocycles. The van der Waals surface area contributed by atoms with Crippen LogP contribution in [0.25, 0.3) is 0 Å². The zero-order valence-electron chi connectivity index (χ0n) is 9.42. The third-order valence-electron chi connectivity index (χ3n) is 1.04. The minimum Gasteiger partial charge on any atom is -0.456 e. The van der Waals surface area contributed by atoms with Crippen molar-refractivity contribution < 1.29 is 14.6 Å². The highest BCUT2D eigenvalue weighted by Gasteiger charge is 2.13. The maximum Gasteiger partial charge on any atom is 0.339 e. The van der Waals surface area contributed by atoms with Crippen LogP contribution < -0.4 is 0 Å². The Morgan fingerprint density at radius 1 is 1.29 bits per heavy atom. The molecular weight excluding hydrogens is 180 g/mol. The van der Waals surface area contributed by atoms with Gasteiger partial charge in [-0.3, -0.25) is 0 Å². The lowest BCUT2D eigenvalue weighted by molar-refractivity contribution is -0.148. The minimum atomic E-state index is -0.960. The Morgan fingerprint density at radius 3 is 2.14 bits per heavy atom. The predicted molar refractivity (Wildman–Crippen MR) is 54.8 cm³/mol. The summed E-state index contributed by atoms with van der Waals surface area (Å²) in [6, 6.07) is 0. The maximum absolute atomic E-state index is 11.1. The summed E-state index contributed by atoms with van der Waals surface area (Å²) in [7, 11) is 0. The van der Waals surface area contributed by atoms with E-state index in [0.717, 1.165) is 0 Å². The summed E-state index contributed by atoms with van der Waals surface area (Å²) in [4.78, 5) is 11.1. The predicted octanol–water partition coefficient (Wildman–Crippen LogP) is 1.81. The summed E-state index contributed by atoms with van der Waals surface area (Å²) in [6.07, 6.45) is 2.57. The van der Waals surface area contributed by atoms with Gasteiger partial charge in [-0.15, -0.1) is 5.73 Å². The summed E-state index contributed by atoms with van der Waals surface area (Å²) in [5.74, 6) is -0.460. The third kappa shape index (κ3) is 9.04. The van der Waals surface area contributed by atoms with Crippen LogP contribution in [0.3, 0.4) is 0 Å². The Kier molecular flexibility index (Phi) is 4.11. The van der Waals surface area contributed by atoms with Gasteiger partial charge in [0, 0.05) is 0 Å². The molecule has 0 aromatic heterocycles. The average Bonchev–Trinajstić information content (AvgIpc) is 1.78. The van der Waals surface area contributed by atoms with E-state index in [1.54, 1.807) is 34.6 Å². The lowest BCUT2D eigenvalue weighted by atomic mass is 10.1. The van der Waals surface area contributed by atoms with Gasteiger partial charge in [0.05, 0.1) is 11.7 Å². The lowest BCUT2D eigenvalue weighted by Gasteiger charge is -2.17. The molecule has 0 aliphatic heterocycles. The van der Waals surface area contributed by atoms with E-state index in [4.69, 9.17) is 4.74 Å². The molecule has 0 radical (unpaired) electrons. The zero-order valence-corrected chi connectivity index (χ0v) is 9.42. The molecule has 0 saturated carbocycles. The van der Waals surface area contributed by atoms with Gasteiger partial charge in [-0.2, -0.15) is 0 Å². The quantitative estimate of drug-likeness (QED) is 0.418. The topological polar surface area (TPSA) is 46.5 Å². The number of esters is 1. The van der Waals surface area contributed by atoms with Crippen molar-refractivity contribution in [2.45, 2.75) is 45.8 Å². The Labute approximate surface area is 85.1 Å². The molecule has 0 aliphatic rings. The van der Waals surface area contributed by atoms with Gasteiger partial charge in [0.2, 0.25) is 0 Å².